The Bertz CT molecular complexity index is 568. The van der Waals surface area contributed by atoms with Gasteiger partial charge in [0.05, 0.1) is 6.20 Å². The summed E-state index contributed by atoms with van der Waals surface area (Å²) in [5, 5.41) is 4.47. The fraction of sp³-hybridized carbons (Fsp3) is 0.438. The molecule has 0 radical (unpaired) electrons. The van der Waals surface area contributed by atoms with Gasteiger partial charge in [-0.05, 0) is 44.2 Å². The lowest BCUT2D eigenvalue weighted by molar-refractivity contribution is -0.0394. The first-order chi connectivity index (χ1) is 9.24. The smallest absolute Gasteiger partial charge is 0.150 e. The van der Waals surface area contributed by atoms with Crippen molar-refractivity contribution in [1.82, 2.24) is 9.78 Å². The minimum absolute atomic E-state index is 0.119. The lowest BCUT2D eigenvalue weighted by Gasteiger charge is -2.22. The van der Waals surface area contributed by atoms with E-state index in [1.807, 2.05) is 10.9 Å². The molecule has 3 nitrogen and oxygen atoms in total. The van der Waals surface area contributed by atoms with Crippen molar-refractivity contribution in [2.75, 3.05) is 6.61 Å². The van der Waals surface area contributed by atoms with Gasteiger partial charge in [-0.15, -0.1) is 0 Å². The van der Waals surface area contributed by atoms with Gasteiger partial charge in [0.25, 0.3) is 0 Å². The van der Waals surface area contributed by atoms with Crippen molar-refractivity contribution in [2.24, 2.45) is 0 Å². The average molecular weight is 256 g/mol. The normalized spacial score (nSPS) is 19.6. The molecule has 0 amide bonds. The number of ether oxygens (including phenoxy) is 1. The van der Waals surface area contributed by atoms with Crippen LogP contribution in [0.5, 0.6) is 0 Å². The molecule has 1 aromatic carbocycles. The van der Waals surface area contributed by atoms with Gasteiger partial charge in [-0.3, -0.25) is 0 Å². The van der Waals surface area contributed by atoms with Gasteiger partial charge in [-0.25, -0.2) is 4.68 Å². The summed E-state index contributed by atoms with van der Waals surface area (Å²) < 4.78 is 7.73. The monoisotopic (exact) mass is 256 g/mol. The lowest BCUT2D eigenvalue weighted by atomic mass is 10.0. The number of nitrogens with zero attached hydrogens (tertiary/aromatic N) is 2. The fourth-order valence-corrected chi connectivity index (χ4v) is 2.70. The van der Waals surface area contributed by atoms with E-state index in [1.54, 1.807) is 0 Å². The molecular formula is C16H20N2O. The van der Waals surface area contributed by atoms with Crippen LogP contribution in [0.3, 0.4) is 0 Å². The zero-order valence-electron chi connectivity index (χ0n) is 11.6. The van der Waals surface area contributed by atoms with E-state index in [-0.39, 0.29) is 6.23 Å². The molecule has 0 spiro atoms. The summed E-state index contributed by atoms with van der Waals surface area (Å²) in [4.78, 5) is 0. The molecule has 1 atom stereocenters. The maximum Gasteiger partial charge on any atom is 0.150 e. The minimum atomic E-state index is 0.119. The van der Waals surface area contributed by atoms with Gasteiger partial charge in [0.15, 0.2) is 0 Å². The van der Waals surface area contributed by atoms with Crippen LogP contribution in [-0.4, -0.2) is 16.4 Å². The molecule has 3 rings (SSSR count). The fourth-order valence-electron chi connectivity index (χ4n) is 2.70. The summed E-state index contributed by atoms with van der Waals surface area (Å²) in [6.07, 6.45) is 7.62. The molecule has 0 aliphatic carbocycles. The van der Waals surface area contributed by atoms with Gasteiger partial charge in [0.2, 0.25) is 0 Å². The lowest BCUT2D eigenvalue weighted by Crippen LogP contribution is -2.18. The Labute approximate surface area is 114 Å². The second-order valence-electron chi connectivity index (χ2n) is 5.35. The summed E-state index contributed by atoms with van der Waals surface area (Å²) in [7, 11) is 0. The molecule has 1 aliphatic heterocycles. The standard InChI is InChI=1S/C16H20N2O/c1-12-6-7-15(13(2)9-12)14-10-17-18(11-14)16-5-3-4-8-19-16/h6-7,9-11,16H,3-5,8H2,1-2H3. The largest absolute Gasteiger partial charge is 0.357 e. The number of benzene rings is 1. The van der Waals surface area contributed by atoms with Crippen molar-refractivity contribution in [1.29, 1.82) is 0 Å². The molecule has 1 aliphatic rings. The third-order valence-corrected chi connectivity index (χ3v) is 3.75. The molecule has 0 N–H and O–H groups in total. The van der Waals surface area contributed by atoms with Crippen molar-refractivity contribution in [3.63, 3.8) is 0 Å². The molecule has 19 heavy (non-hydrogen) atoms. The van der Waals surface area contributed by atoms with Crippen molar-refractivity contribution >= 4 is 0 Å². The number of hydrogen-bond donors (Lipinski definition) is 0. The third kappa shape index (κ3) is 2.56. The van der Waals surface area contributed by atoms with Crippen LogP contribution >= 0.6 is 0 Å². The third-order valence-electron chi connectivity index (χ3n) is 3.75. The highest BCUT2D eigenvalue weighted by atomic mass is 16.5. The van der Waals surface area contributed by atoms with E-state index >= 15 is 0 Å². The predicted octanol–water partition coefficient (Wildman–Crippen LogP) is 3.87. The van der Waals surface area contributed by atoms with E-state index in [0.717, 1.165) is 13.0 Å². The Hall–Kier alpha value is -1.61. The number of rotatable bonds is 2. The Morgan fingerprint density at radius 3 is 2.89 bits per heavy atom. The highest BCUT2D eigenvalue weighted by molar-refractivity contribution is 5.66. The Morgan fingerprint density at radius 1 is 1.26 bits per heavy atom. The van der Waals surface area contributed by atoms with Crippen LogP contribution in [0.4, 0.5) is 0 Å². The van der Waals surface area contributed by atoms with Crippen LogP contribution in [0.25, 0.3) is 11.1 Å². The molecule has 1 aromatic heterocycles. The Kier molecular flexibility index (Phi) is 3.38. The van der Waals surface area contributed by atoms with E-state index in [1.165, 1.54) is 35.1 Å². The maximum atomic E-state index is 5.76. The van der Waals surface area contributed by atoms with Crippen LogP contribution in [-0.2, 0) is 4.74 Å². The van der Waals surface area contributed by atoms with Gasteiger partial charge in [0.1, 0.15) is 6.23 Å². The first-order valence-electron chi connectivity index (χ1n) is 6.97. The van der Waals surface area contributed by atoms with E-state index in [2.05, 4.69) is 43.3 Å². The first kappa shape index (κ1) is 12.4. The van der Waals surface area contributed by atoms with Crippen molar-refractivity contribution < 1.29 is 4.74 Å². The number of hydrogen-bond acceptors (Lipinski definition) is 2. The maximum absolute atomic E-state index is 5.76. The van der Waals surface area contributed by atoms with E-state index < -0.39 is 0 Å². The summed E-state index contributed by atoms with van der Waals surface area (Å²) >= 11 is 0. The van der Waals surface area contributed by atoms with E-state index in [4.69, 9.17) is 4.74 Å². The van der Waals surface area contributed by atoms with Gasteiger partial charge >= 0.3 is 0 Å². The molecule has 2 aromatic rings. The second kappa shape index (κ2) is 5.17. The molecule has 2 heterocycles. The van der Waals surface area contributed by atoms with Crippen molar-refractivity contribution in [2.45, 2.75) is 39.3 Å². The highest BCUT2D eigenvalue weighted by Gasteiger charge is 2.17. The van der Waals surface area contributed by atoms with Crippen LogP contribution in [0, 0.1) is 13.8 Å². The van der Waals surface area contributed by atoms with Gasteiger partial charge in [0, 0.05) is 18.4 Å². The van der Waals surface area contributed by atoms with Crippen LogP contribution in [0.15, 0.2) is 30.6 Å². The molecule has 0 bridgehead atoms. The minimum Gasteiger partial charge on any atom is -0.357 e. The summed E-state index contributed by atoms with van der Waals surface area (Å²) in [6, 6.07) is 6.54. The number of aromatic nitrogens is 2. The average Bonchev–Trinajstić information content (AvgIpc) is 2.89. The predicted molar refractivity (Wildman–Crippen MR) is 76.0 cm³/mol. The van der Waals surface area contributed by atoms with Crippen LogP contribution < -0.4 is 0 Å². The molecule has 100 valence electrons. The topological polar surface area (TPSA) is 27.1 Å². The molecule has 1 saturated heterocycles. The van der Waals surface area contributed by atoms with Gasteiger partial charge < -0.3 is 4.74 Å². The first-order valence-corrected chi connectivity index (χ1v) is 6.97. The second-order valence-corrected chi connectivity index (χ2v) is 5.35. The Morgan fingerprint density at radius 2 is 2.16 bits per heavy atom. The molecule has 3 heteroatoms. The van der Waals surface area contributed by atoms with E-state index in [9.17, 15) is 0 Å². The molecule has 1 fully saturated rings. The van der Waals surface area contributed by atoms with Gasteiger partial charge in [-0.2, -0.15) is 5.10 Å². The molecular weight excluding hydrogens is 236 g/mol. The SMILES string of the molecule is Cc1ccc(-c2cnn(C3CCCCO3)c2)c(C)c1. The molecule has 0 saturated carbocycles. The van der Waals surface area contributed by atoms with Gasteiger partial charge in [-0.1, -0.05) is 23.8 Å². The number of aryl methyl sites for hydroxylation is 2. The summed E-state index contributed by atoms with van der Waals surface area (Å²) in [5.74, 6) is 0. The molecule has 1 unspecified atom stereocenters. The zero-order chi connectivity index (χ0) is 13.2. The summed E-state index contributed by atoms with van der Waals surface area (Å²) in [6.45, 7) is 5.12. The summed E-state index contributed by atoms with van der Waals surface area (Å²) in [5.41, 5.74) is 5.02. The Balaban J connectivity index is 1.87. The quantitative estimate of drug-likeness (QED) is 0.815. The van der Waals surface area contributed by atoms with Crippen LogP contribution in [0.1, 0.15) is 36.6 Å². The van der Waals surface area contributed by atoms with Crippen LogP contribution in [0.2, 0.25) is 0 Å². The van der Waals surface area contributed by atoms with Crippen molar-refractivity contribution in [3.05, 3.63) is 41.7 Å². The zero-order valence-corrected chi connectivity index (χ0v) is 11.6. The van der Waals surface area contributed by atoms with Crippen molar-refractivity contribution in [3.8, 4) is 11.1 Å². The highest BCUT2D eigenvalue weighted by Crippen LogP contribution is 2.27. The van der Waals surface area contributed by atoms with E-state index in [0.29, 0.717) is 0 Å².